The van der Waals surface area contributed by atoms with Crippen LogP contribution in [0.5, 0.6) is 46.0 Å². The summed E-state index contributed by atoms with van der Waals surface area (Å²) in [6.45, 7) is 17.2. The number of carbonyl (C=O) groups is 2. The maximum atomic E-state index is 8.00. The molecule has 0 aliphatic carbocycles. The van der Waals surface area contributed by atoms with Gasteiger partial charge in [-0.3, -0.25) is 0 Å². The van der Waals surface area contributed by atoms with Crippen LogP contribution in [0.3, 0.4) is 0 Å². The van der Waals surface area contributed by atoms with Gasteiger partial charge < -0.3 is 57.0 Å². The molecule has 0 bridgehead atoms. The molecule has 12 nitrogen and oxygen atoms in total. The molecule has 78 heavy (non-hydrogen) atoms. The number of unbranched alkanes of at least 4 members (excludes halogenated alkanes) is 2. The summed E-state index contributed by atoms with van der Waals surface area (Å²) < 4.78 is 60.7. The van der Waals surface area contributed by atoms with Crippen molar-refractivity contribution in [2.24, 2.45) is 0 Å². The van der Waals surface area contributed by atoms with Crippen molar-refractivity contribution < 1.29 is 57.0 Å². The summed E-state index contributed by atoms with van der Waals surface area (Å²) >= 11 is 13.6. The Bertz CT molecular complexity index is 2930. The lowest BCUT2D eigenvalue weighted by Crippen LogP contribution is -2.04. The van der Waals surface area contributed by atoms with Gasteiger partial charge in [0.2, 0.25) is 0 Å². The van der Waals surface area contributed by atoms with Crippen LogP contribution in [-0.2, 0) is 19.1 Å². The quantitative estimate of drug-likeness (QED) is 0.0314. The second kappa shape index (κ2) is 36.5. The summed E-state index contributed by atoms with van der Waals surface area (Å²) in [5.41, 5.74) is 8.25. The summed E-state index contributed by atoms with van der Waals surface area (Å²) in [6.07, 6.45) is 3.51. The first kappa shape index (κ1) is 63.1. The average molecular weight is 1270 g/mol. The normalized spacial score (nSPS) is 10.4. The molecule has 4 aromatic heterocycles. The second-order valence-corrected chi connectivity index (χ2v) is 21.9. The molecule has 0 fully saturated rings. The van der Waals surface area contributed by atoms with E-state index in [0.717, 1.165) is 124 Å². The topological polar surface area (TPSA) is 126 Å². The van der Waals surface area contributed by atoms with Crippen LogP contribution in [0.15, 0.2) is 137 Å². The SMILES string of the molecule is C=O.C=O.CCOCOc1c(-c2ccccc2OCCCCOc2ccccc2-c2csc(Br)c2OCC)csc1Br.CCOCOc1cscc1-c1ccccc1OCCCCOc1ccccc1-c1cscc1OCC. The Hall–Kier alpha value is -5.70. The van der Waals surface area contributed by atoms with Gasteiger partial charge >= 0.3 is 0 Å². The highest BCUT2D eigenvalue weighted by molar-refractivity contribution is 9.11. The molecule has 0 unspecified atom stereocenters. The lowest BCUT2D eigenvalue weighted by atomic mass is 10.1. The van der Waals surface area contributed by atoms with E-state index in [1.165, 1.54) is 0 Å². The molecule has 0 saturated carbocycles. The average Bonchev–Trinajstić information content (AvgIpc) is 4.32. The standard InChI is InChI=1S/C29H30Br2O5S2.C29H32O5S2.2CH2O/c1-3-32-19-36-27-23(18-38-29(27)31)21-12-6-8-14-25(21)35-16-10-9-15-34-24-13-7-5-11-20(24)22-17-37-28(30)26(22)33-4-2;1-3-30-21-34-29-20-36-18-25(29)23-12-6-8-14-27(23)33-16-10-9-15-32-26-13-7-5-11-22(26)24-17-35-19-28(24)31-4-2;2*1-2/h5-8,11-14,17-18H,3-4,9-10,15-16,19H2,1-2H3;5-8,11-14,17-20H,3-4,9-10,15-16,21H2,1-2H3;2*1H2. The van der Waals surface area contributed by atoms with Gasteiger partial charge in [0.05, 0.1) is 39.6 Å². The van der Waals surface area contributed by atoms with Crippen molar-refractivity contribution in [2.45, 2.75) is 53.4 Å². The molecule has 416 valence electrons. The molecular weight excluding hydrogens is 1200 g/mol. The number of para-hydroxylation sites is 4. The fourth-order valence-corrected chi connectivity index (χ4v) is 11.8. The van der Waals surface area contributed by atoms with E-state index in [0.29, 0.717) is 52.9 Å². The molecule has 0 radical (unpaired) electrons. The number of ether oxygens (including phenoxy) is 10. The number of carbonyl (C=O) groups excluding carboxylic acids is 2. The maximum absolute atomic E-state index is 8.00. The molecule has 18 heteroatoms. The van der Waals surface area contributed by atoms with Gasteiger partial charge in [-0.05, 0) is 110 Å². The summed E-state index contributed by atoms with van der Waals surface area (Å²) in [5.74, 6) is 6.77. The highest BCUT2D eigenvalue weighted by Crippen LogP contribution is 2.47. The zero-order valence-corrected chi connectivity index (χ0v) is 50.7. The monoisotopic (exact) mass is 1260 g/mol. The van der Waals surface area contributed by atoms with E-state index in [9.17, 15) is 0 Å². The molecule has 4 aromatic carbocycles. The molecule has 8 rings (SSSR count). The molecule has 0 saturated heterocycles. The van der Waals surface area contributed by atoms with Crippen LogP contribution in [0, 0.1) is 0 Å². The fraction of sp³-hybridized carbons (Fsp3) is 0.300. The first-order chi connectivity index (χ1) is 38.4. The predicted octanol–water partition coefficient (Wildman–Crippen LogP) is 17.5. The third kappa shape index (κ3) is 18.7. The van der Waals surface area contributed by atoms with Gasteiger partial charge in [0.15, 0.2) is 25.1 Å². The largest absolute Gasteiger partial charge is 0.493 e. The van der Waals surface area contributed by atoms with E-state index in [1.54, 1.807) is 45.3 Å². The molecule has 0 spiro atoms. The van der Waals surface area contributed by atoms with Crippen LogP contribution >= 0.6 is 77.2 Å². The van der Waals surface area contributed by atoms with E-state index in [-0.39, 0.29) is 13.6 Å². The van der Waals surface area contributed by atoms with Gasteiger partial charge in [0.25, 0.3) is 0 Å². The Morgan fingerprint density at radius 1 is 0.346 bits per heavy atom. The third-order valence-corrected chi connectivity index (χ3v) is 15.8. The third-order valence-electron chi connectivity index (χ3n) is 11.1. The minimum absolute atomic E-state index is 0.210. The van der Waals surface area contributed by atoms with Crippen molar-refractivity contribution in [3.8, 4) is 90.5 Å². The molecule has 0 atom stereocenters. The number of halogens is 2. The van der Waals surface area contributed by atoms with E-state index < -0.39 is 0 Å². The van der Waals surface area contributed by atoms with Crippen molar-refractivity contribution in [3.05, 3.63) is 137 Å². The summed E-state index contributed by atoms with van der Waals surface area (Å²) in [4.78, 5) is 16.0. The van der Waals surface area contributed by atoms with Gasteiger partial charge in [-0.1, -0.05) is 72.8 Å². The van der Waals surface area contributed by atoms with Crippen LogP contribution in [0.2, 0.25) is 0 Å². The molecule has 0 N–H and O–H groups in total. The van der Waals surface area contributed by atoms with Crippen molar-refractivity contribution in [3.63, 3.8) is 0 Å². The zero-order valence-electron chi connectivity index (χ0n) is 44.3. The summed E-state index contributed by atoms with van der Waals surface area (Å²) in [7, 11) is 0. The number of hydrogen-bond donors (Lipinski definition) is 0. The summed E-state index contributed by atoms with van der Waals surface area (Å²) in [6, 6.07) is 32.3. The van der Waals surface area contributed by atoms with Gasteiger partial charge in [0.1, 0.15) is 55.6 Å². The highest BCUT2D eigenvalue weighted by Gasteiger charge is 2.19. The Labute approximate surface area is 491 Å². The van der Waals surface area contributed by atoms with Crippen molar-refractivity contribution >= 4 is 90.8 Å². The van der Waals surface area contributed by atoms with Crippen LogP contribution in [0.4, 0.5) is 0 Å². The molecule has 0 aliphatic rings. The van der Waals surface area contributed by atoms with E-state index >= 15 is 0 Å². The first-order valence-corrected chi connectivity index (χ1v) is 30.5. The Balaban J connectivity index is 0.000000271. The number of hydrogen-bond acceptors (Lipinski definition) is 16. The van der Waals surface area contributed by atoms with Crippen molar-refractivity contribution in [1.82, 2.24) is 0 Å². The molecule has 0 amide bonds. The van der Waals surface area contributed by atoms with E-state index in [1.807, 2.05) is 125 Å². The maximum Gasteiger partial charge on any atom is 0.189 e. The number of rotatable bonds is 30. The fourth-order valence-electron chi connectivity index (χ4n) is 7.54. The van der Waals surface area contributed by atoms with Gasteiger partial charge in [-0.15, -0.1) is 45.3 Å². The molecule has 4 heterocycles. The molecular formula is C60H66Br2O12S4. The highest BCUT2D eigenvalue weighted by atomic mass is 79.9. The summed E-state index contributed by atoms with van der Waals surface area (Å²) in [5, 5.41) is 12.4. The Morgan fingerprint density at radius 3 is 1.05 bits per heavy atom. The van der Waals surface area contributed by atoms with Crippen LogP contribution in [0.1, 0.15) is 53.4 Å². The second-order valence-electron chi connectivity index (χ2n) is 16.0. The number of thiophene rings is 4. The Kier molecular flexibility index (Phi) is 29.5. The predicted molar refractivity (Wildman–Crippen MR) is 326 cm³/mol. The van der Waals surface area contributed by atoms with Gasteiger partial charge in [-0.2, -0.15) is 0 Å². The minimum Gasteiger partial charge on any atom is -0.493 e. The van der Waals surface area contributed by atoms with E-state index in [4.69, 9.17) is 57.0 Å². The van der Waals surface area contributed by atoms with Crippen LogP contribution < -0.4 is 37.9 Å². The minimum atomic E-state index is 0.210. The van der Waals surface area contributed by atoms with Crippen molar-refractivity contribution in [2.75, 3.05) is 66.4 Å². The number of benzene rings is 4. The van der Waals surface area contributed by atoms with Crippen LogP contribution in [-0.4, -0.2) is 80.0 Å². The van der Waals surface area contributed by atoms with Gasteiger partial charge in [0, 0.05) is 90.0 Å². The molecule has 8 aromatic rings. The Morgan fingerprint density at radius 2 is 0.679 bits per heavy atom. The van der Waals surface area contributed by atoms with Crippen molar-refractivity contribution in [1.29, 1.82) is 0 Å². The van der Waals surface area contributed by atoms with E-state index in [2.05, 4.69) is 77.6 Å². The van der Waals surface area contributed by atoms with Crippen LogP contribution in [0.25, 0.3) is 44.5 Å². The smallest absolute Gasteiger partial charge is 0.189 e. The lowest BCUT2D eigenvalue weighted by molar-refractivity contribution is -0.0987. The van der Waals surface area contributed by atoms with Gasteiger partial charge in [-0.25, -0.2) is 0 Å². The lowest BCUT2D eigenvalue weighted by Gasteiger charge is -2.14. The molecule has 0 aliphatic heterocycles. The zero-order chi connectivity index (χ0) is 55.7. The first-order valence-electron chi connectivity index (χ1n) is 25.2.